The lowest BCUT2D eigenvalue weighted by atomic mass is 10.0. The number of methoxy groups -OCH3 is 1. The molecule has 8 heteroatoms. The van der Waals surface area contributed by atoms with Gasteiger partial charge in [0, 0.05) is 30.6 Å². The maximum Gasteiger partial charge on any atom is 0.237 e. The minimum absolute atomic E-state index is 0.0710. The molecule has 0 saturated heterocycles. The Morgan fingerprint density at radius 2 is 2.06 bits per heavy atom. The van der Waals surface area contributed by atoms with Crippen LogP contribution < -0.4 is 9.47 Å². The summed E-state index contributed by atoms with van der Waals surface area (Å²) in [7, 11) is 1.64. The molecule has 1 fully saturated rings. The number of thiophene rings is 1. The van der Waals surface area contributed by atoms with Crippen LogP contribution in [-0.4, -0.2) is 79.5 Å². The van der Waals surface area contributed by atoms with Crippen LogP contribution in [0.25, 0.3) is 0 Å². The molecule has 1 N–H and O–H groups in total. The average molecular weight is 503 g/mol. The first-order valence-electron chi connectivity index (χ1n) is 12.6. The van der Waals surface area contributed by atoms with Gasteiger partial charge in [-0.2, -0.15) is 0 Å². The summed E-state index contributed by atoms with van der Waals surface area (Å²) in [5, 5.41) is 12.6. The van der Waals surface area contributed by atoms with E-state index in [1.165, 1.54) is 23.3 Å². The Bertz CT molecular complexity index is 961. The Kier molecular flexibility index (Phi) is 9.05. The van der Waals surface area contributed by atoms with Gasteiger partial charge in [-0.3, -0.25) is 9.69 Å². The van der Waals surface area contributed by atoms with Gasteiger partial charge in [-0.25, -0.2) is 0 Å². The number of ether oxygens (including phenoxy) is 3. The molecule has 0 bridgehead atoms. The predicted octanol–water partition coefficient (Wildman–Crippen LogP) is 3.76. The van der Waals surface area contributed by atoms with Gasteiger partial charge in [-0.05, 0) is 68.2 Å². The Morgan fingerprint density at radius 1 is 1.26 bits per heavy atom. The third kappa shape index (κ3) is 7.43. The van der Waals surface area contributed by atoms with Crippen LogP contribution in [0, 0.1) is 5.92 Å². The SMILES string of the molecule is COc1cccc(OC[C@@H]2c3ccsc3CCN2C(=O)CN(CC2CC2)C[C@H](O)COC(C)C)c1. The topological polar surface area (TPSA) is 71.5 Å². The molecule has 1 aliphatic heterocycles. The number of nitrogens with zero attached hydrogens (tertiary/aromatic N) is 2. The molecule has 1 amide bonds. The van der Waals surface area contributed by atoms with E-state index in [9.17, 15) is 9.90 Å². The van der Waals surface area contributed by atoms with Crippen LogP contribution in [0.3, 0.4) is 0 Å². The molecular formula is C27H38N2O5S. The lowest BCUT2D eigenvalue weighted by Crippen LogP contribution is -2.48. The fraction of sp³-hybridized carbons (Fsp3) is 0.593. The second-order valence-corrected chi connectivity index (χ2v) is 10.8. The quantitative estimate of drug-likeness (QED) is 0.450. The second kappa shape index (κ2) is 12.2. The van der Waals surface area contributed by atoms with E-state index in [2.05, 4.69) is 16.3 Å². The smallest absolute Gasteiger partial charge is 0.237 e. The van der Waals surface area contributed by atoms with Crippen LogP contribution in [-0.2, 0) is 16.0 Å². The van der Waals surface area contributed by atoms with Gasteiger partial charge in [0.25, 0.3) is 0 Å². The number of aliphatic hydroxyl groups excluding tert-OH is 1. The van der Waals surface area contributed by atoms with Crippen molar-refractivity contribution in [1.29, 1.82) is 0 Å². The molecule has 0 unspecified atom stereocenters. The molecule has 1 aliphatic carbocycles. The van der Waals surface area contributed by atoms with Gasteiger partial charge >= 0.3 is 0 Å². The van der Waals surface area contributed by atoms with Crippen LogP contribution in [0.15, 0.2) is 35.7 Å². The fourth-order valence-electron chi connectivity index (χ4n) is 4.55. The number of hydrogen-bond donors (Lipinski definition) is 1. The van der Waals surface area contributed by atoms with E-state index in [-0.39, 0.29) is 24.7 Å². The zero-order chi connectivity index (χ0) is 24.8. The Morgan fingerprint density at radius 3 is 2.80 bits per heavy atom. The van der Waals surface area contributed by atoms with Gasteiger partial charge in [0.05, 0.1) is 38.5 Å². The van der Waals surface area contributed by atoms with Crippen molar-refractivity contribution in [2.45, 2.75) is 51.4 Å². The third-order valence-electron chi connectivity index (χ3n) is 6.53. The van der Waals surface area contributed by atoms with E-state index < -0.39 is 6.10 Å². The Balaban J connectivity index is 1.43. The highest BCUT2D eigenvalue weighted by molar-refractivity contribution is 7.10. The van der Waals surface area contributed by atoms with E-state index >= 15 is 0 Å². The van der Waals surface area contributed by atoms with Gasteiger partial charge in [0.2, 0.25) is 5.91 Å². The second-order valence-electron chi connectivity index (χ2n) is 9.82. The van der Waals surface area contributed by atoms with E-state index in [0.29, 0.717) is 32.2 Å². The van der Waals surface area contributed by atoms with Crippen molar-refractivity contribution in [2.75, 3.05) is 46.5 Å². The van der Waals surface area contributed by atoms with Crippen molar-refractivity contribution in [3.05, 3.63) is 46.2 Å². The van der Waals surface area contributed by atoms with E-state index in [1.807, 2.05) is 43.0 Å². The summed E-state index contributed by atoms with van der Waals surface area (Å²) in [6, 6.07) is 9.54. The number of benzene rings is 1. The monoisotopic (exact) mass is 502 g/mol. The summed E-state index contributed by atoms with van der Waals surface area (Å²) in [4.78, 5) is 19.0. The van der Waals surface area contributed by atoms with E-state index in [4.69, 9.17) is 14.2 Å². The highest BCUT2D eigenvalue weighted by atomic mass is 32.1. The number of aliphatic hydroxyl groups is 1. The summed E-state index contributed by atoms with van der Waals surface area (Å²) in [5.41, 5.74) is 1.18. The molecule has 2 aliphatic rings. The number of hydrogen-bond acceptors (Lipinski definition) is 7. The Labute approximate surface area is 212 Å². The van der Waals surface area contributed by atoms with Crippen LogP contribution in [0.5, 0.6) is 11.5 Å². The molecule has 4 rings (SSSR count). The van der Waals surface area contributed by atoms with Crippen LogP contribution in [0.1, 0.15) is 43.2 Å². The number of fused-ring (bicyclic) bond motifs is 1. The molecule has 35 heavy (non-hydrogen) atoms. The lowest BCUT2D eigenvalue weighted by molar-refractivity contribution is -0.136. The molecule has 0 radical (unpaired) electrons. The average Bonchev–Trinajstić information content (AvgIpc) is 3.52. The number of amides is 1. The van der Waals surface area contributed by atoms with Crippen LogP contribution in [0.4, 0.5) is 0 Å². The van der Waals surface area contributed by atoms with Crippen molar-refractivity contribution >= 4 is 17.2 Å². The van der Waals surface area contributed by atoms with Crippen molar-refractivity contribution in [1.82, 2.24) is 9.80 Å². The van der Waals surface area contributed by atoms with Crippen LogP contribution >= 0.6 is 11.3 Å². The molecule has 2 aromatic rings. The number of rotatable bonds is 13. The first-order chi connectivity index (χ1) is 16.9. The standard InChI is InChI=1S/C27H38N2O5S/c1-19(2)33-17-21(30)15-28(14-20-7-8-20)16-27(31)29-11-9-26-24(10-12-35-26)25(29)18-34-23-6-4-5-22(13-23)32-3/h4-6,10,12-13,19-21,25,30H,7-9,11,14-18H2,1-3H3/t21-,25+/m0/s1. The van der Waals surface area contributed by atoms with Gasteiger partial charge in [-0.1, -0.05) is 6.07 Å². The van der Waals surface area contributed by atoms with E-state index in [0.717, 1.165) is 24.5 Å². The maximum absolute atomic E-state index is 13.6. The normalized spacial score (nSPS) is 18.6. The number of carbonyl (C=O) groups excluding carboxylic acids is 1. The lowest BCUT2D eigenvalue weighted by Gasteiger charge is -2.37. The van der Waals surface area contributed by atoms with Gasteiger partial charge in [0.1, 0.15) is 18.1 Å². The zero-order valence-electron chi connectivity index (χ0n) is 21.0. The zero-order valence-corrected chi connectivity index (χ0v) is 21.8. The summed E-state index contributed by atoms with van der Waals surface area (Å²) in [5.74, 6) is 2.17. The summed E-state index contributed by atoms with van der Waals surface area (Å²) >= 11 is 1.75. The fourth-order valence-corrected chi connectivity index (χ4v) is 5.47. The minimum atomic E-state index is -0.610. The Hall–Kier alpha value is -2.13. The molecule has 1 saturated carbocycles. The first kappa shape index (κ1) is 25.9. The van der Waals surface area contributed by atoms with Crippen LogP contribution in [0.2, 0.25) is 0 Å². The molecular weight excluding hydrogens is 464 g/mol. The van der Waals surface area contributed by atoms with Gasteiger partial charge in [-0.15, -0.1) is 11.3 Å². The highest BCUT2D eigenvalue weighted by Crippen LogP contribution is 2.35. The first-order valence-corrected chi connectivity index (χ1v) is 13.5. The largest absolute Gasteiger partial charge is 0.497 e. The molecule has 0 spiro atoms. The number of carbonyl (C=O) groups is 1. The molecule has 1 aromatic heterocycles. The van der Waals surface area contributed by atoms with Crippen molar-refractivity contribution in [3.8, 4) is 11.5 Å². The van der Waals surface area contributed by atoms with Crippen molar-refractivity contribution in [2.24, 2.45) is 5.92 Å². The molecule has 2 heterocycles. The molecule has 2 atom stereocenters. The molecule has 1 aromatic carbocycles. The molecule has 192 valence electrons. The van der Waals surface area contributed by atoms with Gasteiger partial charge < -0.3 is 24.2 Å². The molecule has 7 nitrogen and oxygen atoms in total. The van der Waals surface area contributed by atoms with E-state index in [1.54, 1.807) is 18.4 Å². The highest BCUT2D eigenvalue weighted by Gasteiger charge is 2.34. The van der Waals surface area contributed by atoms with Gasteiger partial charge in [0.15, 0.2) is 0 Å². The van der Waals surface area contributed by atoms with Crippen molar-refractivity contribution in [3.63, 3.8) is 0 Å². The summed E-state index contributed by atoms with van der Waals surface area (Å²) in [6.45, 7) is 6.84. The third-order valence-corrected chi connectivity index (χ3v) is 7.52. The maximum atomic E-state index is 13.6. The summed E-state index contributed by atoms with van der Waals surface area (Å²) < 4.78 is 17.1. The summed E-state index contributed by atoms with van der Waals surface area (Å²) in [6.07, 6.45) is 2.72. The van der Waals surface area contributed by atoms with Crippen molar-refractivity contribution < 1.29 is 24.1 Å². The minimum Gasteiger partial charge on any atom is -0.497 e. The predicted molar refractivity (Wildman–Crippen MR) is 137 cm³/mol.